The van der Waals surface area contributed by atoms with Crippen molar-refractivity contribution >= 4 is 11.9 Å². The summed E-state index contributed by atoms with van der Waals surface area (Å²) in [5.41, 5.74) is -0.330. The molecular weight excluding hydrogens is 284 g/mol. The Hall–Kier alpha value is -2.55. The van der Waals surface area contributed by atoms with Crippen molar-refractivity contribution in [1.82, 2.24) is 5.32 Å². The molecule has 0 saturated heterocycles. The molecule has 0 bridgehead atoms. The van der Waals surface area contributed by atoms with Crippen LogP contribution in [0.2, 0.25) is 0 Å². The average molecular weight is 302 g/mol. The Bertz CT molecular complexity index is 583. The number of hydrogen-bond donors (Lipinski definition) is 1. The minimum absolute atomic E-state index is 0.166. The lowest BCUT2D eigenvalue weighted by Crippen LogP contribution is -2.47. The van der Waals surface area contributed by atoms with Crippen LogP contribution >= 0.6 is 0 Å². The van der Waals surface area contributed by atoms with E-state index in [4.69, 9.17) is 4.74 Å². The van der Waals surface area contributed by atoms with Gasteiger partial charge < -0.3 is 14.8 Å². The van der Waals surface area contributed by atoms with Crippen LogP contribution in [0, 0.1) is 11.3 Å². The highest BCUT2D eigenvalue weighted by Crippen LogP contribution is 2.28. The number of hydrogen-bond acceptors (Lipinski definition) is 5. The molecule has 1 aromatic carbocycles. The normalized spacial score (nSPS) is 15.6. The Morgan fingerprint density at radius 1 is 1.27 bits per heavy atom. The van der Waals surface area contributed by atoms with Gasteiger partial charge in [-0.05, 0) is 49.9 Å². The third-order valence-electron chi connectivity index (χ3n) is 3.70. The number of carbonyl (C=O) groups excluding carboxylic acids is 2. The van der Waals surface area contributed by atoms with Crippen molar-refractivity contribution in [3.05, 3.63) is 29.8 Å². The molecule has 116 valence electrons. The number of nitrogens with zero attached hydrogens (tertiary/aromatic N) is 1. The molecule has 1 N–H and O–H groups in total. The van der Waals surface area contributed by atoms with Gasteiger partial charge in [-0.1, -0.05) is 0 Å². The van der Waals surface area contributed by atoms with Gasteiger partial charge in [0.05, 0.1) is 18.7 Å². The predicted molar refractivity (Wildman–Crippen MR) is 78.2 cm³/mol. The van der Waals surface area contributed by atoms with Gasteiger partial charge in [-0.3, -0.25) is 4.79 Å². The standard InChI is InChI=1S/C16H18N2O4/c1-21-15(20)12-4-6-13(7-5-12)22-10-14(19)18-16(11-17)8-2-3-9-16/h4-7H,2-3,8-10H2,1H3,(H,18,19). The molecule has 1 saturated carbocycles. The number of esters is 1. The zero-order chi connectivity index (χ0) is 16.0. The highest BCUT2D eigenvalue weighted by molar-refractivity contribution is 5.89. The molecular formula is C16H18N2O4. The van der Waals surface area contributed by atoms with E-state index in [1.54, 1.807) is 24.3 Å². The van der Waals surface area contributed by atoms with Crippen molar-refractivity contribution in [1.29, 1.82) is 5.26 Å². The van der Waals surface area contributed by atoms with Crippen LogP contribution in [-0.4, -0.2) is 31.1 Å². The highest BCUT2D eigenvalue weighted by Gasteiger charge is 2.35. The van der Waals surface area contributed by atoms with E-state index in [0.29, 0.717) is 24.2 Å². The number of nitrogens with one attached hydrogen (secondary N) is 1. The molecule has 2 rings (SSSR count). The van der Waals surface area contributed by atoms with E-state index in [2.05, 4.69) is 16.1 Å². The maximum Gasteiger partial charge on any atom is 0.337 e. The quantitative estimate of drug-likeness (QED) is 0.838. The van der Waals surface area contributed by atoms with Crippen molar-refractivity contribution in [3.63, 3.8) is 0 Å². The summed E-state index contributed by atoms with van der Waals surface area (Å²) in [6, 6.07) is 8.50. The van der Waals surface area contributed by atoms with Crippen LogP contribution in [0.25, 0.3) is 0 Å². The molecule has 0 unspecified atom stereocenters. The lowest BCUT2D eigenvalue weighted by atomic mass is 10.00. The summed E-state index contributed by atoms with van der Waals surface area (Å²) in [6.07, 6.45) is 3.26. The molecule has 0 aromatic heterocycles. The fourth-order valence-corrected chi connectivity index (χ4v) is 2.50. The lowest BCUT2D eigenvalue weighted by Gasteiger charge is -2.21. The minimum atomic E-state index is -0.741. The maximum absolute atomic E-state index is 11.9. The van der Waals surface area contributed by atoms with Crippen LogP contribution in [-0.2, 0) is 9.53 Å². The number of benzene rings is 1. The van der Waals surface area contributed by atoms with Gasteiger partial charge in [0.25, 0.3) is 5.91 Å². The molecule has 1 aliphatic rings. The fourth-order valence-electron chi connectivity index (χ4n) is 2.50. The number of carbonyl (C=O) groups is 2. The van der Waals surface area contributed by atoms with Gasteiger partial charge in [0.2, 0.25) is 0 Å². The lowest BCUT2D eigenvalue weighted by molar-refractivity contribution is -0.124. The second-order valence-corrected chi connectivity index (χ2v) is 5.25. The number of rotatable bonds is 5. The topological polar surface area (TPSA) is 88.4 Å². The zero-order valence-corrected chi connectivity index (χ0v) is 12.4. The summed E-state index contributed by atoms with van der Waals surface area (Å²) >= 11 is 0. The Kier molecular flexibility index (Phi) is 4.99. The average Bonchev–Trinajstić information content (AvgIpc) is 3.01. The van der Waals surface area contributed by atoms with Crippen LogP contribution in [0.15, 0.2) is 24.3 Å². The van der Waals surface area contributed by atoms with Gasteiger partial charge in [-0.25, -0.2) is 4.79 Å². The molecule has 6 heteroatoms. The van der Waals surface area contributed by atoms with Crippen LogP contribution < -0.4 is 10.1 Å². The zero-order valence-electron chi connectivity index (χ0n) is 12.4. The fraction of sp³-hybridized carbons (Fsp3) is 0.438. The first kappa shape index (κ1) is 15.8. The molecule has 1 amide bonds. The molecule has 0 heterocycles. The Morgan fingerprint density at radius 3 is 2.45 bits per heavy atom. The molecule has 1 fully saturated rings. The molecule has 0 aliphatic heterocycles. The van der Waals surface area contributed by atoms with Crippen molar-refractivity contribution in [2.75, 3.05) is 13.7 Å². The minimum Gasteiger partial charge on any atom is -0.484 e. The van der Waals surface area contributed by atoms with Crippen LogP contribution in [0.5, 0.6) is 5.75 Å². The van der Waals surface area contributed by atoms with E-state index in [1.807, 2.05) is 0 Å². The summed E-state index contributed by atoms with van der Waals surface area (Å²) in [7, 11) is 1.31. The number of nitriles is 1. The van der Waals surface area contributed by atoms with Gasteiger partial charge in [0.15, 0.2) is 6.61 Å². The van der Waals surface area contributed by atoms with E-state index in [0.717, 1.165) is 12.8 Å². The third kappa shape index (κ3) is 3.76. The molecule has 1 aliphatic carbocycles. The number of amides is 1. The first-order valence-corrected chi connectivity index (χ1v) is 7.12. The summed E-state index contributed by atoms with van der Waals surface area (Å²) in [6.45, 7) is -0.166. The second kappa shape index (κ2) is 6.94. The molecule has 0 spiro atoms. The largest absolute Gasteiger partial charge is 0.484 e. The van der Waals surface area contributed by atoms with Gasteiger partial charge in [0, 0.05) is 0 Å². The summed E-state index contributed by atoms with van der Waals surface area (Å²) in [5, 5.41) is 12.0. The first-order valence-electron chi connectivity index (χ1n) is 7.12. The SMILES string of the molecule is COC(=O)c1ccc(OCC(=O)NC2(C#N)CCCC2)cc1. The van der Waals surface area contributed by atoms with Gasteiger partial charge in [-0.15, -0.1) is 0 Å². The molecule has 0 atom stereocenters. The molecule has 0 radical (unpaired) electrons. The van der Waals surface area contributed by atoms with E-state index in [-0.39, 0.29) is 12.5 Å². The van der Waals surface area contributed by atoms with Crippen molar-refractivity contribution < 1.29 is 19.1 Å². The van der Waals surface area contributed by atoms with E-state index in [1.165, 1.54) is 7.11 Å². The van der Waals surface area contributed by atoms with Crippen molar-refractivity contribution in [2.24, 2.45) is 0 Å². The van der Waals surface area contributed by atoms with Crippen LogP contribution in [0.1, 0.15) is 36.0 Å². The monoisotopic (exact) mass is 302 g/mol. The van der Waals surface area contributed by atoms with Crippen molar-refractivity contribution in [2.45, 2.75) is 31.2 Å². The summed E-state index contributed by atoms with van der Waals surface area (Å²) in [5.74, 6) is -0.276. The van der Waals surface area contributed by atoms with Gasteiger partial charge in [-0.2, -0.15) is 5.26 Å². The Balaban J connectivity index is 1.86. The predicted octanol–water partition coefficient (Wildman–Crippen LogP) is 1.80. The Labute approximate surface area is 129 Å². The number of methoxy groups -OCH3 is 1. The second-order valence-electron chi connectivity index (χ2n) is 5.25. The van der Waals surface area contributed by atoms with Crippen LogP contribution in [0.3, 0.4) is 0 Å². The molecule has 22 heavy (non-hydrogen) atoms. The molecule has 1 aromatic rings. The van der Waals surface area contributed by atoms with Gasteiger partial charge >= 0.3 is 5.97 Å². The maximum atomic E-state index is 11.9. The first-order chi connectivity index (χ1) is 10.6. The number of ether oxygens (including phenoxy) is 2. The van der Waals surface area contributed by atoms with Gasteiger partial charge in [0.1, 0.15) is 11.3 Å². The summed E-state index contributed by atoms with van der Waals surface area (Å²) in [4.78, 5) is 23.2. The third-order valence-corrected chi connectivity index (χ3v) is 3.70. The van der Waals surface area contributed by atoms with E-state index in [9.17, 15) is 14.9 Å². The van der Waals surface area contributed by atoms with E-state index >= 15 is 0 Å². The van der Waals surface area contributed by atoms with Crippen molar-refractivity contribution in [3.8, 4) is 11.8 Å². The smallest absolute Gasteiger partial charge is 0.337 e. The Morgan fingerprint density at radius 2 is 1.91 bits per heavy atom. The highest BCUT2D eigenvalue weighted by atomic mass is 16.5. The van der Waals surface area contributed by atoms with E-state index < -0.39 is 11.5 Å². The van der Waals surface area contributed by atoms with Crippen LogP contribution in [0.4, 0.5) is 0 Å². The molecule has 6 nitrogen and oxygen atoms in total. The summed E-state index contributed by atoms with van der Waals surface area (Å²) < 4.78 is 9.96.